The lowest BCUT2D eigenvalue weighted by molar-refractivity contribution is -0.120. The molecular formula is C28H24F2N6O. The standard InChI is InChI=1S/C28H24F2N6O/c1-31-16-24(37)33-14-15-36-17-23-25(18-2-6-21(29)7-3-18)26(19-10-12-32-13-11-19)27(34-28(23)35-36)20-4-8-22(30)9-5-20/h2-13,17,31H,14-16H2,1H3,(H,33,37). The quantitative estimate of drug-likeness (QED) is 0.331. The van der Waals surface area contributed by atoms with E-state index in [9.17, 15) is 13.6 Å². The molecule has 37 heavy (non-hydrogen) atoms. The molecule has 0 fully saturated rings. The number of carbonyl (C=O) groups excluding carboxylic acids is 1. The molecule has 186 valence electrons. The predicted octanol–water partition coefficient (Wildman–Crippen LogP) is 4.44. The molecule has 0 saturated heterocycles. The molecule has 3 aromatic heterocycles. The average molecular weight is 499 g/mol. The van der Waals surface area contributed by atoms with Gasteiger partial charge in [-0.15, -0.1) is 0 Å². The van der Waals surface area contributed by atoms with E-state index in [1.807, 2.05) is 18.3 Å². The van der Waals surface area contributed by atoms with E-state index in [1.54, 1.807) is 48.4 Å². The van der Waals surface area contributed by atoms with Gasteiger partial charge in [0.2, 0.25) is 5.91 Å². The molecule has 7 nitrogen and oxygen atoms in total. The monoisotopic (exact) mass is 498 g/mol. The summed E-state index contributed by atoms with van der Waals surface area (Å²) < 4.78 is 29.4. The normalized spacial score (nSPS) is 11.1. The lowest BCUT2D eigenvalue weighted by Crippen LogP contribution is -2.34. The minimum Gasteiger partial charge on any atom is -0.353 e. The molecule has 0 bridgehead atoms. The Bertz CT molecular complexity index is 1530. The summed E-state index contributed by atoms with van der Waals surface area (Å²) in [7, 11) is 1.71. The second kappa shape index (κ2) is 10.6. The van der Waals surface area contributed by atoms with Gasteiger partial charge in [0.25, 0.3) is 0 Å². The van der Waals surface area contributed by atoms with Gasteiger partial charge in [0, 0.05) is 47.2 Å². The van der Waals surface area contributed by atoms with Gasteiger partial charge in [-0.05, 0) is 66.7 Å². The largest absolute Gasteiger partial charge is 0.353 e. The Labute approximate surface area is 212 Å². The third-order valence-electron chi connectivity index (χ3n) is 5.94. The van der Waals surface area contributed by atoms with E-state index in [1.165, 1.54) is 24.3 Å². The number of nitrogens with zero attached hydrogens (tertiary/aromatic N) is 4. The van der Waals surface area contributed by atoms with Gasteiger partial charge in [0.1, 0.15) is 11.6 Å². The van der Waals surface area contributed by atoms with Crippen LogP contribution in [0.15, 0.2) is 79.3 Å². The number of carbonyl (C=O) groups is 1. The predicted molar refractivity (Wildman–Crippen MR) is 138 cm³/mol. The number of hydrogen-bond donors (Lipinski definition) is 2. The summed E-state index contributed by atoms with van der Waals surface area (Å²) in [6.45, 7) is 1.06. The fourth-order valence-corrected chi connectivity index (χ4v) is 4.27. The molecule has 5 aromatic rings. The Hall–Kier alpha value is -4.50. The van der Waals surface area contributed by atoms with Crippen molar-refractivity contribution in [3.05, 3.63) is 90.9 Å². The van der Waals surface area contributed by atoms with Crippen LogP contribution in [-0.4, -0.2) is 45.8 Å². The number of halogens is 2. The van der Waals surface area contributed by atoms with Crippen molar-refractivity contribution in [1.82, 2.24) is 30.4 Å². The van der Waals surface area contributed by atoms with Crippen LogP contribution >= 0.6 is 0 Å². The third-order valence-corrected chi connectivity index (χ3v) is 5.94. The highest BCUT2D eigenvalue weighted by Gasteiger charge is 2.22. The summed E-state index contributed by atoms with van der Waals surface area (Å²) in [6.07, 6.45) is 5.27. The molecule has 0 saturated carbocycles. The molecule has 0 aliphatic heterocycles. The maximum Gasteiger partial charge on any atom is 0.234 e. The molecule has 3 heterocycles. The molecule has 0 spiro atoms. The molecule has 9 heteroatoms. The van der Waals surface area contributed by atoms with Crippen LogP contribution in [0, 0.1) is 11.6 Å². The minimum atomic E-state index is -0.348. The van der Waals surface area contributed by atoms with Crippen LogP contribution in [0.3, 0.4) is 0 Å². The molecule has 0 radical (unpaired) electrons. The Morgan fingerprint density at radius 3 is 2.14 bits per heavy atom. The minimum absolute atomic E-state index is 0.108. The second-order valence-electron chi connectivity index (χ2n) is 8.47. The highest BCUT2D eigenvalue weighted by atomic mass is 19.1. The van der Waals surface area contributed by atoms with Gasteiger partial charge in [-0.2, -0.15) is 5.10 Å². The molecule has 1 amide bonds. The molecule has 0 unspecified atom stereocenters. The Kier molecular flexibility index (Phi) is 6.96. The van der Waals surface area contributed by atoms with Crippen molar-refractivity contribution < 1.29 is 13.6 Å². The van der Waals surface area contributed by atoms with Gasteiger partial charge in [0.05, 0.1) is 18.8 Å². The summed E-state index contributed by atoms with van der Waals surface area (Å²) in [5.74, 6) is -0.798. The van der Waals surface area contributed by atoms with E-state index >= 15 is 0 Å². The Morgan fingerprint density at radius 2 is 1.49 bits per heavy atom. The third kappa shape index (κ3) is 5.22. The molecule has 0 atom stereocenters. The summed E-state index contributed by atoms with van der Waals surface area (Å²) in [5.41, 5.74) is 5.08. The van der Waals surface area contributed by atoms with E-state index in [0.717, 1.165) is 27.6 Å². The average Bonchev–Trinajstić information content (AvgIpc) is 3.32. The zero-order valence-electron chi connectivity index (χ0n) is 20.1. The highest BCUT2D eigenvalue weighted by Crippen LogP contribution is 2.42. The van der Waals surface area contributed by atoms with Crippen molar-refractivity contribution >= 4 is 16.9 Å². The molecule has 5 rings (SSSR count). The number of aromatic nitrogens is 4. The number of amides is 1. The van der Waals surface area contributed by atoms with Crippen molar-refractivity contribution in [2.24, 2.45) is 0 Å². The summed E-state index contributed by atoms with van der Waals surface area (Å²) in [6, 6.07) is 16.2. The van der Waals surface area contributed by atoms with Crippen molar-refractivity contribution in [3.63, 3.8) is 0 Å². The number of rotatable bonds is 8. The molecule has 2 N–H and O–H groups in total. The van der Waals surface area contributed by atoms with Crippen LogP contribution in [-0.2, 0) is 11.3 Å². The number of benzene rings is 2. The van der Waals surface area contributed by atoms with Crippen molar-refractivity contribution in [2.45, 2.75) is 6.54 Å². The lowest BCUT2D eigenvalue weighted by Gasteiger charge is -2.16. The number of likely N-dealkylation sites (N-methyl/N-ethyl adjacent to an activating group) is 1. The van der Waals surface area contributed by atoms with Crippen LogP contribution in [0.2, 0.25) is 0 Å². The van der Waals surface area contributed by atoms with Crippen molar-refractivity contribution in [3.8, 4) is 33.5 Å². The lowest BCUT2D eigenvalue weighted by atomic mass is 9.90. The Balaban J connectivity index is 1.72. The zero-order valence-corrected chi connectivity index (χ0v) is 20.1. The SMILES string of the molecule is CNCC(=O)NCCn1cc2c(-c3ccc(F)cc3)c(-c3ccncc3)c(-c3ccc(F)cc3)nc2n1. The smallest absolute Gasteiger partial charge is 0.234 e. The van der Waals surface area contributed by atoms with Gasteiger partial charge in [-0.1, -0.05) is 12.1 Å². The first-order chi connectivity index (χ1) is 18.0. The molecule has 0 aliphatic rings. The number of nitrogens with one attached hydrogen (secondary N) is 2. The van der Waals surface area contributed by atoms with Gasteiger partial charge in [0.15, 0.2) is 5.65 Å². The molecular weight excluding hydrogens is 474 g/mol. The van der Waals surface area contributed by atoms with Crippen LogP contribution in [0.4, 0.5) is 8.78 Å². The first kappa shape index (κ1) is 24.2. The van der Waals surface area contributed by atoms with Crippen LogP contribution in [0.5, 0.6) is 0 Å². The Morgan fingerprint density at radius 1 is 0.865 bits per heavy atom. The van der Waals surface area contributed by atoms with Gasteiger partial charge >= 0.3 is 0 Å². The van der Waals surface area contributed by atoms with Crippen LogP contribution in [0.25, 0.3) is 44.5 Å². The maximum atomic E-state index is 13.9. The molecule has 0 aliphatic carbocycles. The topological polar surface area (TPSA) is 84.7 Å². The van der Waals surface area contributed by atoms with E-state index < -0.39 is 0 Å². The van der Waals surface area contributed by atoms with E-state index in [-0.39, 0.29) is 24.1 Å². The second-order valence-corrected chi connectivity index (χ2v) is 8.47. The zero-order chi connectivity index (χ0) is 25.8. The number of pyridine rings is 2. The van der Waals surface area contributed by atoms with E-state index in [4.69, 9.17) is 4.98 Å². The summed E-state index contributed by atoms with van der Waals surface area (Å²) in [5, 5.41) is 11.1. The fourth-order valence-electron chi connectivity index (χ4n) is 4.27. The van der Waals surface area contributed by atoms with Gasteiger partial charge < -0.3 is 10.6 Å². The van der Waals surface area contributed by atoms with Crippen molar-refractivity contribution in [1.29, 1.82) is 0 Å². The van der Waals surface area contributed by atoms with E-state index in [0.29, 0.717) is 30.0 Å². The van der Waals surface area contributed by atoms with Crippen molar-refractivity contribution in [2.75, 3.05) is 20.1 Å². The van der Waals surface area contributed by atoms with Crippen LogP contribution in [0.1, 0.15) is 0 Å². The number of fused-ring (bicyclic) bond motifs is 1. The fraction of sp³-hybridized carbons (Fsp3) is 0.143. The van der Waals surface area contributed by atoms with Crippen LogP contribution < -0.4 is 10.6 Å². The number of hydrogen-bond acceptors (Lipinski definition) is 5. The van der Waals surface area contributed by atoms with Gasteiger partial charge in [-0.25, -0.2) is 13.8 Å². The van der Waals surface area contributed by atoms with E-state index in [2.05, 4.69) is 20.7 Å². The summed E-state index contributed by atoms with van der Waals surface area (Å²) in [4.78, 5) is 20.9. The highest BCUT2D eigenvalue weighted by molar-refractivity contribution is 6.05. The van der Waals surface area contributed by atoms with Gasteiger partial charge in [-0.3, -0.25) is 14.5 Å². The molecule has 2 aromatic carbocycles. The summed E-state index contributed by atoms with van der Waals surface area (Å²) >= 11 is 0. The maximum absolute atomic E-state index is 13.9. The first-order valence-corrected chi connectivity index (χ1v) is 11.8. The first-order valence-electron chi connectivity index (χ1n) is 11.8.